The predicted octanol–water partition coefficient (Wildman–Crippen LogP) is 4.22. The fourth-order valence-electron chi connectivity index (χ4n) is 3.56. The van der Waals surface area contributed by atoms with Gasteiger partial charge in [0.05, 0.1) is 5.71 Å². The molecule has 0 spiro atoms. The number of nitrogens with zero attached hydrogens (tertiary/aromatic N) is 3. The molecule has 1 aliphatic heterocycles. The molecule has 30 heavy (non-hydrogen) atoms. The number of nitrogens with one attached hydrogen (secondary N) is 1. The summed E-state index contributed by atoms with van der Waals surface area (Å²) in [4.78, 5) is 18.3. The van der Waals surface area contributed by atoms with E-state index in [0.717, 1.165) is 43.3 Å². The first kappa shape index (κ1) is 20.3. The third-order valence-corrected chi connectivity index (χ3v) is 6.30. The van der Waals surface area contributed by atoms with Crippen LogP contribution in [0.3, 0.4) is 0 Å². The first-order valence-corrected chi connectivity index (χ1v) is 11.1. The summed E-state index contributed by atoms with van der Waals surface area (Å²) in [5.74, 6) is -0.186. The van der Waals surface area contributed by atoms with Crippen molar-refractivity contribution in [2.24, 2.45) is 5.10 Å². The fraction of sp³-hybridized carbons (Fsp3) is 0.250. The van der Waals surface area contributed by atoms with Crippen LogP contribution in [0.2, 0.25) is 0 Å². The zero-order valence-corrected chi connectivity index (χ0v) is 17.9. The number of amides is 1. The smallest absolute Gasteiger partial charge is 0.271 e. The van der Waals surface area contributed by atoms with Gasteiger partial charge in [-0.2, -0.15) is 5.10 Å². The number of hydrogen-bond donors (Lipinski definition) is 1. The molecule has 0 bridgehead atoms. The number of piperazine rings is 1. The van der Waals surface area contributed by atoms with Gasteiger partial charge < -0.3 is 4.90 Å². The van der Waals surface area contributed by atoms with Gasteiger partial charge in [0, 0.05) is 48.9 Å². The lowest BCUT2D eigenvalue weighted by molar-refractivity contribution is 0.0955. The first-order chi connectivity index (χ1) is 14.7. The Morgan fingerprint density at radius 1 is 0.967 bits per heavy atom. The molecule has 5 nitrogen and oxygen atoms in total. The van der Waals surface area contributed by atoms with Gasteiger partial charge in [0.15, 0.2) is 0 Å². The summed E-state index contributed by atoms with van der Waals surface area (Å²) in [5, 5.41) is 6.20. The van der Waals surface area contributed by atoms with Gasteiger partial charge >= 0.3 is 0 Å². The molecular formula is C24H26N4OS. The Kier molecular flexibility index (Phi) is 6.57. The quantitative estimate of drug-likeness (QED) is 0.482. The molecule has 154 valence electrons. The van der Waals surface area contributed by atoms with Crippen LogP contribution >= 0.6 is 11.3 Å². The summed E-state index contributed by atoms with van der Waals surface area (Å²) in [6.07, 6.45) is 0. The second kappa shape index (κ2) is 9.69. The maximum atomic E-state index is 12.4. The number of benzene rings is 2. The average molecular weight is 419 g/mol. The Labute approximate surface area is 181 Å². The van der Waals surface area contributed by atoms with E-state index in [-0.39, 0.29) is 5.91 Å². The van der Waals surface area contributed by atoms with Crippen molar-refractivity contribution in [1.82, 2.24) is 10.3 Å². The van der Waals surface area contributed by atoms with E-state index in [0.29, 0.717) is 5.56 Å². The number of carbonyl (C=O) groups excluding carboxylic acids is 1. The highest BCUT2D eigenvalue weighted by Gasteiger charge is 2.17. The van der Waals surface area contributed by atoms with Crippen molar-refractivity contribution in [2.75, 3.05) is 31.1 Å². The van der Waals surface area contributed by atoms with Gasteiger partial charge in [-0.1, -0.05) is 36.4 Å². The number of para-hydroxylation sites is 1. The van der Waals surface area contributed by atoms with Crippen molar-refractivity contribution in [3.05, 3.63) is 88.1 Å². The largest absolute Gasteiger partial charge is 0.369 e. The molecule has 1 saturated heterocycles. The van der Waals surface area contributed by atoms with E-state index in [9.17, 15) is 4.79 Å². The molecule has 1 aromatic heterocycles. The van der Waals surface area contributed by atoms with Gasteiger partial charge in [0.1, 0.15) is 0 Å². The molecule has 1 aliphatic rings. The van der Waals surface area contributed by atoms with Crippen molar-refractivity contribution in [2.45, 2.75) is 13.5 Å². The number of hydrazone groups is 1. The van der Waals surface area contributed by atoms with Crippen LogP contribution in [0.1, 0.15) is 27.7 Å². The van der Waals surface area contributed by atoms with E-state index in [4.69, 9.17) is 0 Å². The van der Waals surface area contributed by atoms with Gasteiger partial charge in [0.2, 0.25) is 0 Å². The number of carbonyl (C=O) groups is 1. The molecule has 1 N–H and O–H groups in total. The standard InChI is InChI=1S/C24H26N4OS/c1-19(23-8-5-17-30-23)25-26-24(29)21-11-9-20(10-12-21)18-27-13-15-28(16-14-27)22-6-3-2-4-7-22/h2-12,17H,13-16,18H2,1H3,(H,26,29)/b25-19-. The molecule has 2 aromatic carbocycles. The van der Waals surface area contributed by atoms with Crippen molar-refractivity contribution >= 4 is 28.6 Å². The topological polar surface area (TPSA) is 47.9 Å². The van der Waals surface area contributed by atoms with Crippen molar-refractivity contribution in [3.8, 4) is 0 Å². The lowest BCUT2D eigenvalue weighted by atomic mass is 10.1. The molecule has 0 radical (unpaired) electrons. The molecule has 4 rings (SSSR count). The van der Waals surface area contributed by atoms with E-state index in [1.54, 1.807) is 11.3 Å². The van der Waals surface area contributed by atoms with Crippen LogP contribution in [0.25, 0.3) is 0 Å². The minimum Gasteiger partial charge on any atom is -0.369 e. The molecule has 0 aliphatic carbocycles. The maximum absolute atomic E-state index is 12.4. The predicted molar refractivity (Wildman–Crippen MR) is 124 cm³/mol. The first-order valence-electron chi connectivity index (χ1n) is 10.2. The Balaban J connectivity index is 1.28. The third kappa shape index (κ3) is 5.14. The lowest BCUT2D eigenvalue weighted by Gasteiger charge is -2.36. The Morgan fingerprint density at radius 3 is 2.37 bits per heavy atom. The van der Waals surface area contributed by atoms with E-state index in [2.05, 4.69) is 50.7 Å². The summed E-state index contributed by atoms with van der Waals surface area (Å²) in [7, 11) is 0. The van der Waals surface area contributed by atoms with Crippen LogP contribution in [0.4, 0.5) is 5.69 Å². The second-order valence-corrected chi connectivity index (χ2v) is 8.36. The summed E-state index contributed by atoms with van der Waals surface area (Å²) >= 11 is 1.61. The number of rotatable bonds is 6. The Bertz CT molecular complexity index is 976. The minimum absolute atomic E-state index is 0.186. The molecule has 6 heteroatoms. The number of anilines is 1. The van der Waals surface area contributed by atoms with Gasteiger partial charge in [0.25, 0.3) is 5.91 Å². The van der Waals surface area contributed by atoms with Crippen molar-refractivity contribution < 1.29 is 4.79 Å². The number of thiophene rings is 1. The molecule has 3 aromatic rings. The molecule has 0 saturated carbocycles. The summed E-state index contributed by atoms with van der Waals surface area (Å²) in [6.45, 7) is 6.94. The van der Waals surface area contributed by atoms with Crippen LogP contribution in [-0.2, 0) is 6.54 Å². The summed E-state index contributed by atoms with van der Waals surface area (Å²) < 4.78 is 0. The molecule has 1 amide bonds. The minimum atomic E-state index is -0.186. The second-order valence-electron chi connectivity index (χ2n) is 7.41. The zero-order valence-electron chi connectivity index (χ0n) is 17.1. The van der Waals surface area contributed by atoms with Crippen LogP contribution < -0.4 is 10.3 Å². The van der Waals surface area contributed by atoms with Crippen molar-refractivity contribution in [3.63, 3.8) is 0 Å². The molecular weight excluding hydrogens is 392 g/mol. The van der Waals surface area contributed by atoms with E-state index in [1.165, 1.54) is 11.3 Å². The van der Waals surface area contributed by atoms with Gasteiger partial charge in [-0.25, -0.2) is 5.43 Å². The summed E-state index contributed by atoms with van der Waals surface area (Å²) in [5.41, 5.74) is 6.59. The normalized spacial score (nSPS) is 15.2. The third-order valence-electron chi connectivity index (χ3n) is 5.32. The van der Waals surface area contributed by atoms with E-state index >= 15 is 0 Å². The van der Waals surface area contributed by atoms with Gasteiger partial charge in [-0.3, -0.25) is 9.69 Å². The SMILES string of the molecule is C/C(=N/NC(=O)c1ccc(CN2CCN(c3ccccc3)CC2)cc1)c1cccs1. The van der Waals surface area contributed by atoms with Gasteiger partial charge in [-0.15, -0.1) is 11.3 Å². The molecule has 1 fully saturated rings. The average Bonchev–Trinajstić information content (AvgIpc) is 3.34. The monoisotopic (exact) mass is 418 g/mol. The zero-order chi connectivity index (χ0) is 20.8. The van der Waals surface area contributed by atoms with Crippen molar-refractivity contribution in [1.29, 1.82) is 0 Å². The van der Waals surface area contributed by atoms with Gasteiger partial charge in [-0.05, 0) is 48.2 Å². The lowest BCUT2D eigenvalue weighted by Crippen LogP contribution is -2.45. The summed E-state index contributed by atoms with van der Waals surface area (Å²) in [6, 6.07) is 22.4. The molecule has 0 unspecified atom stereocenters. The van der Waals surface area contributed by atoms with E-state index < -0.39 is 0 Å². The fourth-order valence-corrected chi connectivity index (χ4v) is 4.24. The highest BCUT2D eigenvalue weighted by atomic mass is 32.1. The highest BCUT2D eigenvalue weighted by molar-refractivity contribution is 7.12. The van der Waals surface area contributed by atoms with Crippen LogP contribution in [0, 0.1) is 0 Å². The maximum Gasteiger partial charge on any atom is 0.271 e. The Morgan fingerprint density at radius 2 is 1.70 bits per heavy atom. The highest BCUT2D eigenvalue weighted by Crippen LogP contribution is 2.17. The Hall–Kier alpha value is -2.96. The van der Waals surface area contributed by atoms with E-state index in [1.807, 2.05) is 48.7 Å². The van der Waals surface area contributed by atoms with Crippen LogP contribution in [0.5, 0.6) is 0 Å². The van der Waals surface area contributed by atoms with Crippen LogP contribution in [0.15, 0.2) is 77.2 Å². The molecule has 0 atom stereocenters. The number of hydrogen-bond acceptors (Lipinski definition) is 5. The molecule has 2 heterocycles. The van der Waals surface area contributed by atoms with Crippen LogP contribution in [-0.4, -0.2) is 42.7 Å².